The monoisotopic (exact) mass is 294 g/mol. The van der Waals surface area contributed by atoms with Gasteiger partial charge in [-0.15, -0.1) is 0 Å². The van der Waals surface area contributed by atoms with Gasteiger partial charge in [0.05, 0.1) is 7.11 Å². The lowest BCUT2D eigenvalue weighted by Gasteiger charge is -2.27. The summed E-state index contributed by atoms with van der Waals surface area (Å²) in [6.07, 6.45) is 0. The summed E-state index contributed by atoms with van der Waals surface area (Å²) >= 11 is 5.98. The largest absolute Gasteiger partial charge is 0.496 e. The number of aryl methyl sites for hydroxylation is 1. The summed E-state index contributed by atoms with van der Waals surface area (Å²) in [6.45, 7) is 3.26. The predicted molar refractivity (Wildman–Crippen MR) is 77.8 cm³/mol. The third-order valence-electron chi connectivity index (χ3n) is 3.42. The van der Waals surface area contributed by atoms with E-state index in [0.717, 1.165) is 0 Å². The van der Waals surface area contributed by atoms with Crippen LogP contribution in [0.1, 0.15) is 23.6 Å². The number of hydrogen-bond acceptors (Lipinski definition) is 2. The van der Waals surface area contributed by atoms with Gasteiger partial charge in [-0.25, -0.2) is 4.39 Å². The fraction of sp³-hybridized carbons (Fsp3) is 0.250. The van der Waals surface area contributed by atoms with Crippen LogP contribution in [0.5, 0.6) is 5.75 Å². The molecule has 1 N–H and O–H groups in total. The standard InChI is InChI=1S/C16H16ClFO2/c1-10-4-5-11(8-14(10)18)16(2,19)13-9-12(17)6-7-15(13)20-3/h4-9,19H,1-3H3. The van der Waals surface area contributed by atoms with Crippen molar-refractivity contribution in [2.75, 3.05) is 7.11 Å². The van der Waals surface area contributed by atoms with E-state index >= 15 is 0 Å². The van der Waals surface area contributed by atoms with E-state index in [-0.39, 0.29) is 5.82 Å². The average molecular weight is 295 g/mol. The van der Waals surface area contributed by atoms with E-state index in [0.29, 0.717) is 27.5 Å². The Morgan fingerprint density at radius 1 is 1.20 bits per heavy atom. The second kappa shape index (κ2) is 5.43. The Balaban J connectivity index is 2.59. The van der Waals surface area contributed by atoms with Gasteiger partial charge in [-0.05, 0) is 49.2 Å². The van der Waals surface area contributed by atoms with E-state index in [2.05, 4.69) is 0 Å². The van der Waals surface area contributed by atoms with Crippen molar-refractivity contribution in [3.8, 4) is 5.75 Å². The summed E-state index contributed by atoms with van der Waals surface area (Å²) < 4.78 is 19.0. The van der Waals surface area contributed by atoms with Gasteiger partial charge in [0.15, 0.2) is 0 Å². The normalized spacial score (nSPS) is 13.9. The molecule has 2 nitrogen and oxygen atoms in total. The minimum atomic E-state index is -1.40. The molecule has 0 amide bonds. The number of halogens is 2. The van der Waals surface area contributed by atoms with E-state index in [1.54, 1.807) is 44.2 Å². The van der Waals surface area contributed by atoms with Crippen molar-refractivity contribution < 1.29 is 14.2 Å². The second-order valence-electron chi connectivity index (χ2n) is 4.88. The number of ether oxygens (including phenoxy) is 1. The maximum Gasteiger partial charge on any atom is 0.126 e. The van der Waals surface area contributed by atoms with Gasteiger partial charge in [0.25, 0.3) is 0 Å². The number of aliphatic hydroxyl groups is 1. The van der Waals surface area contributed by atoms with Crippen LogP contribution < -0.4 is 4.74 Å². The summed E-state index contributed by atoms with van der Waals surface area (Å²) in [5.41, 5.74) is 0.0738. The maximum absolute atomic E-state index is 13.7. The van der Waals surface area contributed by atoms with Crippen molar-refractivity contribution in [2.45, 2.75) is 19.4 Å². The van der Waals surface area contributed by atoms with Gasteiger partial charge in [-0.1, -0.05) is 23.7 Å². The third-order valence-corrected chi connectivity index (χ3v) is 3.66. The summed E-state index contributed by atoms with van der Waals surface area (Å²) in [5.74, 6) is 0.143. The van der Waals surface area contributed by atoms with Crippen LogP contribution in [-0.2, 0) is 5.60 Å². The molecule has 0 radical (unpaired) electrons. The molecule has 2 rings (SSSR count). The highest BCUT2D eigenvalue weighted by molar-refractivity contribution is 6.30. The molecule has 1 unspecified atom stereocenters. The van der Waals surface area contributed by atoms with Gasteiger partial charge in [0, 0.05) is 10.6 Å². The quantitative estimate of drug-likeness (QED) is 0.925. The topological polar surface area (TPSA) is 29.5 Å². The van der Waals surface area contributed by atoms with Crippen LogP contribution in [0.2, 0.25) is 5.02 Å². The van der Waals surface area contributed by atoms with E-state index in [1.807, 2.05) is 0 Å². The minimum absolute atomic E-state index is 0.358. The molecule has 0 aliphatic rings. The van der Waals surface area contributed by atoms with Gasteiger partial charge in [0.2, 0.25) is 0 Å². The van der Waals surface area contributed by atoms with Crippen molar-refractivity contribution in [1.82, 2.24) is 0 Å². The Morgan fingerprint density at radius 2 is 1.90 bits per heavy atom. The van der Waals surface area contributed by atoms with Crippen LogP contribution in [0.15, 0.2) is 36.4 Å². The molecule has 20 heavy (non-hydrogen) atoms. The zero-order chi connectivity index (χ0) is 14.9. The van der Waals surface area contributed by atoms with E-state index in [9.17, 15) is 9.50 Å². The molecular weight excluding hydrogens is 279 g/mol. The summed E-state index contributed by atoms with van der Waals surface area (Å²) in [4.78, 5) is 0. The van der Waals surface area contributed by atoms with Gasteiger partial charge < -0.3 is 9.84 Å². The minimum Gasteiger partial charge on any atom is -0.496 e. The van der Waals surface area contributed by atoms with Crippen molar-refractivity contribution in [1.29, 1.82) is 0 Å². The molecular formula is C16H16ClFO2. The highest BCUT2D eigenvalue weighted by Crippen LogP contribution is 2.37. The zero-order valence-electron chi connectivity index (χ0n) is 11.6. The van der Waals surface area contributed by atoms with E-state index < -0.39 is 5.60 Å². The third kappa shape index (κ3) is 2.65. The zero-order valence-corrected chi connectivity index (χ0v) is 12.3. The van der Waals surface area contributed by atoms with Gasteiger partial charge in [-0.2, -0.15) is 0 Å². The van der Waals surface area contributed by atoms with Gasteiger partial charge in [0.1, 0.15) is 17.2 Å². The summed E-state index contributed by atoms with van der Waals surface area (Å²) in [7, 11) is 1.51. The molecule has 0 aromatic heterocycles. The molecule has 0 fully saturated rings. The fourth-order valence-electron chi connectivity index (χ4n) is 2.11. The van der Waals surface area contributed by atoms with Crippen molar-refractivity contribution in [3.05, 3.63) is 63.9 Å². The molecule has 0 saturated heterocycles. The Morgan fingerprint density at radius 3 is 2.50 bits per heavy atom. The average Bonchev–Trinajstić information content (AvgIpc) is 2.41. The Kier molecular flexibility index (Phi) is 4.02. The van der Waals surface area contributed by atoms with Crippen molar-refractivity contribution in [3.63, 3.8) is 0 Å². The van der Waals surface area contributed by atoms with Gasteiger partial charge >= 0.3 is 0 Å². The number of methoxy groups -OCH3 is 1. The fourth-order valence-corrected chi connectivity index (χ4v) is 2.28. The lowest BCUT2D eigenvalue weighted by Crippen LogP contribution is -2.24. The Labute approximate surface area is 122 Å². The molecule has 2 aromatic rings. The highest BCUT2D eigenvalue weighted by atomic mass is 35.5. The van der Waals surface area contributed by atoms with Gasteiger partial charge in [-0.3, -0.25) is 0 Å². The van der Waals surface area contributed by atoms with Crippen LogP contribution in [0.25, 0.3) is 0 Å². The molecule has 0 bridgehead atoms. The lowest BCUT2D eigenvalue weighted by atomic mass is 9.87. The molecule has 0 heterocycles. The van der Waals surface area contributed by atoms with Crippen LogP contribution in [0.4, 0.5) is 4.39 Å². The van der Waals surface area contributed by atoms with Crippen LogP contribution >= 0.6 is 11.6 Å². The number of hydrogen-bond donors (Lipinski definition) is 1. The lowest BCUT2D eigenvalue weighted by molar-refractivity contribution is 0.0985. The first-order valence-corrected chi connectivity index (χ1v) is 6.57. The molecule has 0 aliphatic carbocycles. The Bertz CT molecular complexity index is 638. The Hall–Kier alpha value is -1.58. The molecule has 4 heteroatoms. The van der Waals surface area contributed by atoms with Crippen LogP contribution in [0.3, 0.4) is 0 Å². The summed E-state index contributed by atoms with van der Waals surface area (Å²) in [6, 6.07) is 9.63. The molecule has 1 atom stereocenters. The number of rotatable bonds is 3. The maximum atomic E-state index is 13.7. The summed E-state index contributed by atoms with van der Waals surface area (Å²) in [5, 5.41) is 11.3. The molecule has 0 aliphatic heterocycles. The highest BCUT2D eigenvalue weighted by Gasteiger charge is 2.30. The smallest absolute Gasteiger partial charge is 0.126 e. The first kappa shape index (κ1) is 14.8. The van der Waals surface area contributed by atoms with Crippen molar-refractivity contribution in [2.24, 2.45) is 0 Å². The van der Waals surface area contributed by atoms with Crippen molar-refractivity contribution >= 4 is 11.6 Å². The molecule has 2 aromatic carbocycles. The first-order valence-electron chi connectivity index (χ1n) is 6.19. The van der Waals surface area contributed by atoms with Crippen LogP contribution in [-0.4, -0.2) is 12.2 Å². The second-order valence-corrected chi connectivity index (χ2v) is 5.32. The molecule has 106 valence electrons. The number of benzene rings is 2. The van der Waals surface area contributed by atoms with E-state index in [4.69, 9.17) is 16.3 Å². The molecule has 0 spiro atoms. The van der Waals surface area contributed by atoms with E-state index in [1.165, 1.54) is 13.2 Å². The first-order chi connectivity index (χ1) is 9.36. The SMILES string of the molecule is COc1ccc(Cl)cc1C(C)(O)c1ccc(C)c(F)c1. The predicted octanol–water partition coefficient (Wildman–Crippen LogP) is 4.05. The molecule has 0 saturated carbocycles. The van der Waals surface area contributed by atoms with Crippen LogP contribution in [0, 0.1) is 12.7 Å².